The Kier molecular flexibility index (Phi) is 5.65. The summed E-state index contributed by atoms with van der Waals surface area (Å²) in [4.78, 5) is 16.9. The number of carbonyl (C=O) groups is 1. The van der Waals surface area contributed by atoms with Crippen molar-refractivity contribution in [1.82, 2.24) is 14.6 Å². The standard InChI is InChI=1S/C23H23N3O3S/c1-17(20-9-5-12-24-15-20)25-23(27)19-8-4-10-22(14-19)30(28,29)26-13-11-18-6-2-3-7-21(18)16-26/h2-10,12,14-15,17H,11,13,16H2,1H3,(H,25,27)/t17-/m1/s1. The van der Waals surface area contributed by atoms with Crippen LogP contribution in [0.25, 0.3) is 0 Å². The summed E-state index contributed by atoms with van der Waals surface area (Å²) >= 11 is 0. The normalized spacial score (nSPS) is 15.2. The second-order valence-electron chi connectivity index (χ2n) is 7.37. The number of sulfonamides is 1. The van der Waals surface area contributed by atoms with Gasteiger partial charge in [0.05, 0.1) is 10.9 Å². The van der Waals surface area contributed by atoms with Crippen LogP contribution in [0.2, 0.25) is 0 Å². The van der Waals surface area contributed by atoms with Gasteiger partial charge in [-0.3, -0.25) is 9.78 Å². The number of fused-ring (bicyclic) bond motifs is 1. The Labute approximate surface area is 176 Å². The molecule has 4 rings (SSSR count). The first-order valence-electron chi connectivity index (χ1n) is 9.83. The number of rotatable bonds is 5. The van der Waals surface area contributed by atoms with Crippen LogP contribution in [0.3, 0.4) is 0 Å². The number of pyridine rings is 1. The van der Waals surface area contributed by atoms with Gasteiger partial charge in [-0.25, -0.2) is 8.42 Å². The van der Waals surface area contributed by atoms with Crippen molar-refractivity contribution in [1.29, 1.82) is 0 Å². The third-order valence-electron chi connectivity index (χ3n) is 5.36. The molecule has 0 aliphatic carbocycles. The molecule has 0 radical (unpaired) electrons. The fraction of sp³-hybridized carbons (Fsp3) is 0.217. The number of carbonyl (C=O) groups excluding carboxylic acids is 1. The molecule has 154 valence electrons. The summed E-state index contributed by atoms with van der Waals surface area (Å²) in [7, 11) is -3.70. The highest BCUT2D eigenvalue weighted by Crippen LogP contribution is 2.25. The molecule has 1 aromatic heterocycles. The van der Waals surface area contributed by atoms with E-state index >= 15 is 0 Å². The Balaban J connectivity index is 1.53. The van der Waals surface area contributed by atoms with Gasteiger partial charge in [0.1, 0.15) is 0 Å². The number of hydrogen-bond acceptors (Lipinski definition) is 4. The molecular weight excluding hydrogens is 398 g/mol. The van der Waals surface area contributed by atoms with E-state index in [0.717, 1.165) is 11.1 Å². The van der Waals surface area contributed by atoms with Crippen molar-refractivity contribution in [2.24, 2.45) is 0 Å². The number of nitrogens with zero attached hydrogens (tertiary/aromatic N) is 2. The van der Waals surface area contributed by atoms with Gasteiger partial charge in [0, 0.05) is 31.0 Å². The quantitative estimate of drug-likeness (QED) is 0.685. The van der Waals surface area contributed by atoms with Crippen molar-refractivity contribution in [2.75, 3.05) is 6.54 Å². The zero-order valence-electron chi connectivity index (χ0n) is 16.7. The van der Waals surface area contributed by atoms with E-state index in [-0.39, 0.29) is 16.8 Å². The minimum atomic E-state index is -3.70. The first-order chi connectivity index (χ1) is 14.4. The second-order valence-corrected chi connectivity index (χ2v) is 9.30. The lowest BCUT2D eigenvalue weighted by Gasteiger charge is -2.28. The van der Waals surface area contributed by atoms with Crippen LogP contribution < -0.4 is 5.32 Å². The highest BCUT2D eigenvalue weighted by molar-refractivity contribution is 7.89. The monoisotopic (exact) mass is 421 g/mol. The maximum Gasteiger partial charge on any atom is 0.251 e. The smallest absolute Gasteiger partial charge is 0.251 e. The van der Waals surface area contributed by atoms with Gasteiger partial charge in [0.2, 0.25) is 10.0 Å². The topological polar surface area (TPSA) is 79.4 Å². The third kappa shape index (κ3) is 4.13. The predicted octanol–water partition coefficient (Wildman–Crippen LogP) is 3.32. The molecule has 1 atom stereocenters. The SMILES string of the molecule is C[C@@H](NC(=O)c1cccc(S(=O)(=O)N2CCc3ccccc3C2)c1)c1cccnc1. The van der Waals surface area contributed by atoms with Crippen molar-refractivity contribution in [3.8, 4) is 0 Å². The predicted molar refractivity (Wildman–Crippen MR) is 114 cm³/mol. The van der Waals surface area contributed by atoms with E-state index in [1.807, 2.05) is 43.3 Å². The molecule has 0 fully saturated rings. The van der Waals surface area contributed by atoms with E-state index in [9.17, 15) is 13.2 Å². The highest BCUT2D eigenvalue weighted by Gasteiger charge is 2.28. The summed E-state index contributed by atoms with van der Waals surface area (Å²) in [5.74, 6) is -0.326. The van der Waals surface area contributed by atoms with Crippen LogP contribution in [0.4, 0.5) is 0 Å². The van der Waals surface area contributed by atoms with E-state index in [1.165, 1.54) is 22.0 Å². The molecule has 6 nitrogen and oxygen atoms in total. The maximum atomic E-state index is 13.2. The van der Waals surface area contributed by atoms with E-state index in [2.05, 4.69) is 10.3 Å². The zero-order valence-corrected chi connectivity index (χ0v) is 17.5. The Morgan fingerprint density at radius 3 is 2.63 bits per heavy atom. The van der Waals surface area contributed by atoms with Gasteiger partial charge in [-0.2, -0.15) is 4.31 Å². The third-order valence-corrected chi connectivity index (χ3v) is 7.20. The lowest BCUT2D eigenvalue weighted by Crippen LogP contribution is -2.36. The van der Waals surface area contributed by atoms with Crippen molar-refractivity contribution < 1.29 is 13.2 Å². The number of benzene rings is 2. The molecule has 0 spiro atoms. The molecular formula is C23H23N3O3S. The number of nitrogens with one attached hydrogen (secondary N) is 1. The van der Waals surface area contributed by atoms with Crippen LogP contribution in [0.1, 0.15) is 40.0 Å². The van der Waals surface area contributed by atoms with Gasteiger partial charge in [0.25, 0.3) is 5.91 Å². The summed E-state index contributed by atoms with van der Waals surface area (Å²) in [5, 5.41) is 2.90. The summed E-state index contributed by atoms with van der Waals surface area (Å²) in [6.07, 6.45) is 4.05. The van der Waals surface area contributed by atoms with E-state index in [1.54, 1.807) is 24.5 Å². The zero-order chi connectivity index (χ0) is 21.1. The molecule has 3 aromatic rings. The molecule has 0 saturated carbocycles. The summed E-state index contributed by atoms with van der Waals surface area (Å²) in [6, 6.07) is 17.5. The van der Waals surface area contributed by atoms with E-state index < -0.39 is 10.0 Å². The molecule has 1 aliphatic heterocycles. The number of amides is 1. The molecule has 1 N–H and O–H groups in total. The van der Waals surface area contributed by atoms with E-state index in [4.69, 9.17) is 0 Å². The lowest BCUT2D eigenvalue weighted by molar-refractivity contribution is 0.0939. The summed E-state index contributed by atoms with van der Waals surface area (Å²) < 4.78 is 27.9. The molecule has 30 heavy (non-hydrogen) atoms. The van der Waals surface area contributed by atoms with Crippen molar-refractivity contribution >= 4 is 15.9 Å². The molecule has 2 aromatic carbocycles. The van der Waals surface area contributed by atoms with Crippen LogP contribution >= 0.6 is 0 Å². The van der Waals surface area contributed by atoms with Gasteiger partial charge < -0.3 is 5.32 Å². The van der Waals surface area contributed by atoms with Gasteiger partial charge in [-0.1, -0.05) is 36.4 Å². The molecule has 1 aliphatic rings. The first kappa shape index (κ1) is 20.3. The van der Waals surface area contributed by atoms with Crippen LogP contribution in [-0.2, 0) is 23.0 Å². The van der Waals surface area contributed by atoms with Crippen molar-refractivity contribution in [3.63, 3.8) is 0 Å². The largest absolute Gasteiger partial charge is 0.345 e. The van der Waals surface area contributed by atoms with Gasteiger partial charge in [-0.05, 0) is 54.3 Å². The number of aromatic nitrogens is 1. The second kappa shape index (κ2) is 8.38. The Bertz CT molecular complexity index is 1160. The minimum absolute atomic E-state index is 0.128. The van der Waals surface area contributed by atoms with Crippen LogP contribution in [0.5, 0.6) is 0 Å². The average molecular weight is 422 g/mol. The molecule has 7 heteroatoms. The maximum absolute atomic E-state index is 13.2. The molecule has 2 heterocycles. The molecule has 0 unspecified atom stereocenters. The summed E-state index contributed by atoms with van der Waals surface area (Å²) in [6.45, 7) is 2.63. The molecule has 0 saturated heterocycles. The number of hydrogen-bond donors (Lipinski definition) is 1. The first-order valence-corrected chi connectivity index (χ1v) is 11.3. The van der Waals surface area contributed by atoms with Crippen molar-refractivity contribution in [2.45, 2.75) is 30.8 Å². The van der Waals surface area contributed by atoms with Gasteiger partial charge in [-0.15, -0.1) is 0 Å². The fourth-order valence-electron chi connectivity index (χ4n) is 3.62. The Morgan fingerprint density at radius 1 is 1.07 bits per heavy atom. The molecule has 1 amide bonds. The van der Waals surface area contributed by atoms with Crippen LogP contribution in [-0.4, -0.2) is 30.2 Å². The van der Waals surface area contributed by atoms with Crippen molar-refractivity contribution in [3.05, 3.63) is 95.3 Å². The lowest BCUT2D eigenvalue weighted by atomic mass is 10.0. The average Bonchev–Trinajstić information content (AvgIpc) is 2.79. The van der Waals surface area contributed by atoms with Gasteiger partial charge >= 0.3 is 0 Å². The van der Waals surface area contributed by atoms with Crippen LogP contribution in [0.15, 0.2) is 78.0 Å². The Morgan fingerprint density at radius 2 is 1.87 bits per heavy atom. The fourth-order valence-corrected chi connectivity index (χ4v) is 5.08. The molecule has 0 bridgehead atoms. The summed E-state index contributed by atoms with van der Waals surface area (Å²) in [5.41, 5.74) is 3.39. The van der Waals surface area contributed by atoms with E-state index in [0.29, 0.717) is 25.1 Å². The Hall–Kier alpha value is -3.03. The van der Waals surface area contributed by atoms with Gasteiger partial charge in [0.15, 0.2) is 0 Å². The minimum Gasteiger partial charge on any atom is -0.345 e. The van der Waals surface area contributed by atoms with Crippen LogP contribution in [0, 0.1) is 0 Å². The highest BCUT2D eigenvalue weighted by atomic mass is 32.2.